The Morgan fingerprint density at radius 1 is 1.17 bits per heavy atom. The van der Waals surface area contributed by atoms with E-state index in [1.54, 1.807) is 25.1 Å². The Labute approximate surface area is 180 Å². The van der Waals surface area contributed by atoms with E-state index in [0.717, 1.165) is 10.6 Å². The Kier molecular flexibility index (Phi) is 6.80. The summed E-state index contributed by atoms with van der Waals surface area (Å²) < 4.78 is 0. The highest BCUT2D eigenvalue weighted by molar-refractivity contribution is 8.00. The number of amides is 2. The van der Waals surface area contributed by atoms with Crippen LogP contribution in [0.1, 0.15) is 23.0 Å². The minimum atomic E-state index is -0.548. The fraction of sp³-hybridized carbons (Fsp3) is 0.150. The molecule has 3 aromatic rings. The van der Waals surface area contributed by atoms with E-state index in [1.807, 2.05) is 18.4 Å². The summed E-state index contributed by atoms with van der Waals surface area (Å²) >= 11 is 2.71. The number of thioether (sulfide) groups is 1. The number of hydrogen-bond donors (Lipinski definition) is 2. The van der Waals surface area contributed by atoms with Gasteiger partial charge in [0.15, 0.2) is 5.13 Å². The number of aryl methyl sites for hydroxylation is 1. The van der Waals surface area contributed by atoms with Crippen LogP contribution in [0.5, 0.6) is 0 Å². The van der Waals surface area contributed by atoms with E-state index in [9.17, 15) is 19.7 Å². The largest absolute Gasteiger partial charge is 0.322 e. The fourth-order valence-electron chi connectivity index (χ4n) is 2.49. The first-order chi connectivity index (χ1) is 14.3. The monoisotopic (exact) mass is 442 g/mol. The maximum Gasteiger partial charge on any atom is 0.270 e. The van der Waals surface area contributed by atoms with Crippen LogP contribution in [0, 0.1) is 17.0 Å². The third kappa shape index (κ3) is 5.65. The number of nitro benzene ring substituents is 1. The van der Waals surface area contributed by atoms with Crippen molar-refractivity contribution in [2.45, 2.75) is 24.0 Å². The average molecular weight is 443 g/mol. The quantitative estimate of drug-likeness (QED) is 0.311. The van der Waals surface area contributed by atoms with Crippen molar-refractivity contribution in [3.63, 3.8) is 0 Å². The molecule has 8 nitrogen and oxygen atoms in total. The van der Waals surface area contributed by atoms with Crippen molar-refractivity contribution >= 4 is 51.4 Å². The number of carbonyl (C=O) groups is 2. The zero-order chi connectivity index (χ0) is 21.7. The number of benzene rings is 2. The molecule has 0 radical (unpaired) electrons. The molecule has 0 spiro atoms. The summed E-state index contributed by atoms with van der Waals surface area (Å²) in [6.07, 6.45) is 0. The number of nitrogens with zero attached hydrogens (tertiary/aromatic N) is 2. The molecule has 0 bridgehead atoms. The van der Waals surface area contributed by atoms with Gasteiger partial charge in [-0.05, 0) is 38.1 Å². The standard InChI is InChI=1S/C20H18N4O4S2/c1-12-11-29-20(21-12)23-18(25)13(2)30-17-8-4-6-15(10-17)22-19(26)14-5-3-7-16(9-14)24(27)28/h3-11,13H,1-2H3,(H,22,26)(H,21,23,25). The van der Waals surface area contributed by atoms with Crippen LogP contribution in [0.15, 0.2) is 58.8 Å². The lowest BCUT2D eigenvalue weighted by atomic mass is 10.2. The number of nitrogens with one attached hydrogen (secondary N) is 2. The van der Waals surface area contributed by atoms with Crippen LogP contribution in [0.2, 0.25) is 0 Å². The van der Waals surface area contributed by atoms with Gasteiger partial charge in [0.25, 0.3) is 11.6 Å². The van der Waals surface area contributed by atoms with Gasteiger partial charge >= 0.3 is 0 Å². The van der Waals surface area contributed by atoms with Crippen LogP contribution >= 0.6 is 23.1 Å². The Bertz CT molecular complexity index is 1100. The maximum absolute atomic E-state index is 12.4. The number of rotatable bonds is 7. The fourth-order valence-corrected chi connectivity index (χ4v) is 4.10. The Hall–Kier alpha value is -3.24. The van der Waals surface area contributed by atoms with Crippen LogP contribution in [0.3, 0.4) is 0 Å². The smallest absolute Gasteiger partial charge is 0.270 e. The molecule has 1 atom stereocenters. The molecular formula is C20H18N4O4S2. The number of non-ortho nitro benzene ring substituents is 1. The first-order valence-corrected chi connectivity index (χ1v) is 10.6. The van der Waals surface area contributed by atoms with Gasteiger partial charge in [-0.25, -0.2) is 4.98 Å². The number of hydrogen-bond acceptors (Lipinski definition) is 7. The molecule has 0 fully saturated rings. The van der Waals surface area contributed by atoms with Crippen LogP contribution < -0.4 is 10.6 Å². The first-order valence-electron chi connectivity index (χ1n) is 8.87. The second-order valence-corrected chi connectivity index (χ2v) is 8.61. The molecule has 154 valence electrons. The highest BCUT2D eigenvalue weighted by Gasteiger charge is 2.17. The van der Waals surface area contributed by atoms with Crippen LogP contribution in [0.25, 0.3) is 0 Å². The van der Waals surface area contributed by atoms with Crippen molar-refractivity contribution < 1.29 is 14.5 Å². The SMILES string of the molecule is Cc1csc(NC(=O)C(C)Sc2cccc(NC(=O)c3cccc([N+](=O)[O-])c3)c2)n1. The number of thiazole rings is 1. The van der Waals surface area contributed by atoms with Gasteiger partial charge in [0.2, 0.25) is 5.91 Å². The molecule has 1 unspecified atom stereocenters. The predicted molar refractivity (Wildman–Crippen MR) is 118 cm³/mol. The minimum Gasteiger partial charge on any atom is -0.322 e. The van der Waals surface area contributed by atoms with E-state index in [-0.39, 0.29) is 22.4 Å². The minimum absolute atomic E-state index is 0.151. The lowest BCUT2D eigenvalue weighted by Gasteiger charge is -2.12. The predicted octanol–water partition coefficient (Wildman–Crippen LogP) is 4.73. The Morgan fingerprint density at radius 3 is 2.63 bits per heavy atom. The topological polar surface area (TPSA) is 114 Å². The summed E-state index contributed by atoms with van der Waals surface area (Å²) in [5.74, 6) is -0.619. The van der Waals surface area contributed by atoms with Gasteiger partial charge in [-0.2, -0.15) is 0 Å². The molecule has 30 heavy (non-hydrogen) atoms. The molecule has 0 saturated heterocycles. The van der Waals surface area contributed by atoms with E-state index in [0.29, 0.717) is 10.8 Å². The zero-order valence-electron chi connectivity index (χ0n) is 16.1. The van der Waals surface area contributed by atoms with Crippen molar-refractivity contribution in [2.75, 3.05) is 10.6 Å². The van der Waals surface area contributed by atoms with Crippen molar-refractivity contribution in [1.29, 1.82) is 0 Å². The van der Waals surface area contributed by atoms with Gasteiger partial charge in [0.05, 0.1) is 15.9 Å². The normalized spacial score (nSPS) is 11.5. The number of aromatic nitrogens is 1. The Balaban J connectivity index is 1.64. The van der Waals surface area contributed by atoms with E-state index < -0.39 is 10.8 Å². The van der Waals surface area contributed by atoms with Gasteiger partial charge in [0, 0.05) is 33.7 Å². The Morgan fingerprint density at radius 2 is 1.93 bits per heavy atom. The summed E-state index contributed by atoms with van der Waals surface area (Å²) in [5, 5.41) is 18.4. The number of nitro groups is 1. The summed E-state index contributed by atoms with van der Waals surface area (Å²) in [7, 11) is 0. The van der Waals surface area contributed by atoms with E-state index in [4.69, 9.17) is 0 Å². The second-order valence-electron chi connectivity index (χ2n) is 6.33. The molecule has 0 saturated carbocycles. The van der Waals surface area contributed by atoms with Crippen molar-refractivity contribution in [3.05, 3.63) is 75.3 Å². The molecule has 10 heteroatoms. The summed E-state index contributed by atoms with van der Waals surface area (Å²) in [6, 6.07) is 12.6. The summed E-state index contributed by atoms with van der Waals surface area (Å²) in [6.45, 7) is 3.65. The molecule has 3 rings (SSSR count). The van der Waals surface area contributed by atoms with Gasteiger partial charge in [-0.3, -0.25) is 19.7 Å². The molecule has 2 aromatic carbocycles. The van der Waals surface area contributed by atoms with E-state index in [2.05, 4.69) is 15.6 Å². The molecular weight excluding hydrogens is 424 g/mol. The zero-order valence-corrected chi connectivity index (χ0v) is 17.8. The second kappa shape index (κ2) is 9.51. The van der Waals surface area contributed by atoms with Crippen LogP contribution in [-0.2, 0) is 4.79 Å². The summed E-state index contributed by atoms with van der Waals surface area (Å²) in [4.78, 5) is 40.2. The molecule has 2 amide bonds. The molecule has 1 aromatic heterocycles. The van der Waals surface area contributed by atoms with Gasteiger partial charge < -0.3 is 10.6 Å². The average Bonchev–Trinajstić information content (AvgIpc) is 3.12. The van der Waals surface area contributed by atoms with Crippen molar-refractivity contribution in [3.8, 4) is 0 Å². The molecule has 0 aliphatic rings. The third-order valence-electron chi connectivity index (χ3n) is 3.94. The van der Waals surface area contributed by atoms with Crippen molar-refractivity contribution in [2.24, 2.45) is 0 Å². The molecule has 0 aliphatic heterocycles. The molecule has 1 heterocycles. The first kappa shape index (κ1) is 21.5. The molecule has 2 N–H and O–H groups in total. The molecule has 0 aliphatic carbocycles. The highest BCUT2D eigenvalue weighted by atomic mass is 32.2. The highest BCUT2D eigenvalue weighted by Crippen LogP contribution is 2.27. The number of carbonyl (C=O) groups excluding carboxylic acids is 2. The van der Waals surface area contributed by atoms with E-state index in [1.165, 1.54) is 47.4 Å². The van der Waals surface area contributed by atoms with Crippen LogP contribution in [-0.4, -0.2) is 27.0 Å². The number of anilines is 2. The van der Waals surface area contributed by atoms with Gasteiger partial charge in [0.1, 0.15) is 0 Å². The van der Waals surface area contributed by atoms with Gasteiger partial charge in [-0.1, -0.05) is 12.1 Å². The lowest BCUT2D eigenvalue weighted by Crippen LogP contribution is -2.22. The lowest BCUT2D eigenvalue weighted by molar-refractivity contribution is -0.384. The maximum atomic E-state index is 12.4. The third-order valence-corrected chi connectivity index (χ3v) is 5.91. The van der Waals surface area contributed by atoms with E-state index >= 15 is 0 Å². The summed E-state index contributed by atoms with van der Waals surface area (Å²) in [5.41, 5.74) is 1.42. The van der Waals surface area contributed by atoms with Gasteiger partial charge in [-0.15, -0.1) is 23.1 Å². The van der Waals surface area contributed by atoms with Crippen LogP contribution in [0.4, 0.5) is 16.5 Å². The van der Waals surface area contributed by atoms with Crippen molar-refractivity contribution in [1.82, 2.24) is 4.98 Å².